The molecular formula is C62H58N2S. The Kier molecular flexibility index (Phi) is 11.6. The van der Waals surface area contributed by atoms with E-state index in [2.05, 4.69) is 199 Å². The first kappa shape index (κ1) is 41.3. The molecule has 0 fully saturated rings. The highest BCUT2D eigenvalue weighted by Gasteiger charge is 2.18. The molecule has 1 unspecified atom stereocenters. The van der Waals surface area contributed by atoms with Gasteiger partial charge in [0.15, 0.2) is 0 Å². The average molecular weight is 863 g/mol. The SMILES string of the molecule is CCCCCCCC(CCCCCC)c1cccc(-n2c3ccccc3c3cc(-c4ccc5sc6ccc(-c7cccc(-n8c9ccccc9c9ccccc98)c7)cc6c5c4)ccc32)c1. The van der Waals surface area contributed by atoms with Gasteiger partial charge in [0.05, 0.1) is 22.1 Å². The first-order chi connectivity index (χ1) is 32.2. The third kappa shape index (κ3) is 7.84. The van der Waals surface area contributed by atoms with Crippen molar-refractivity contribution in [2.75, 3.05) is 0 Å². The molecule has 0 aliphatic heterocycles. The van der Waals surface area contributed by atoms with Gasteiger partial charge in [-0.15, -0.1) is 11.3 Å². The quantitative estimate of drug-likeness (QED) is 0.0857. The standard InChI is InChI=1S/C62H58N2S/c1-3-5-7-9-11-21-43(20-10-8-6-4-2)44-22-18-24-49(38-44)64-59-31-17-14-28-53(59)54-40-46(32-35-60(54)64)48-34-37-62-56(42-48)55-41-47(33-36-61(55)65-62)45-23-19-25-50(39-45)63-57-29-15-12-26-51(57)52-27-13-16-30-58(52)63/h12-19,22-43H,3-11,20-21H2,1-2H3. The van der Waals surface area contributed by atoms with E-state index < -0.39 is 0 Å². The molecule has 0 N–H and O–H groups in total. The van der Waals surface area contributed by atoms with Crippen LogP contribution in [0, 0.1) is 0 Å². The molecule has 0 bridgehead atoms. The van der Waals surface area contributed by atoms with Crippen LogP contribution in [0.25, 0.3) is 97.4 Å². The van der Waals surface area contributed by atoms with Gasteiger partial charge >= 0.3 is 0 Å². The molecule has 322 valence electrons. The number of aromatic nitrogens is 2. The summed E-state index contributed by atoms with van der Waals surface area (Å²) in [4.78, 5) is 0. The number of rotatable bonds is 16. The van der Waals surface area contributed by atoms with E-state index in [0.29, 0.717) is 5.92 Å². The van der Waals surface area contributed by atoms with Crippen LogP contribution in [0.4, 0.5) is 0 Å². The zero-order valence-corrected chi connectivity index (χ0v) is 38.7. The molecule has 3 heteroatoms. The van der Waals surface area contributed by atoms with E-state index in [0.717, 1.165) is 0 Å². The molecule has 11 aromatic rings. The maximum Gasteiger partial charge on any atom is 0.0541 e. The highest BCUT2D eigenvalue weighted by atomic mass is 32.1. The number of hydrogen-bond acceptors (Lipinski definition) is 1. The molecule has 0 aliphatic carbocycles. The van der Waals surface area contributed by atoms with Gasteiger partial charge in [-0.2, -0.15) is 0 Å². The Balaban J connectivity index is 0.941. The van der Waals surface area contributed by atoms with Crippen molar-refractivity contribution in [1.29, 1.82) is 0 Å². The fourth-order valence-electron chi connectivity index (χ4n) is 10.8. The Morgan fingerprint density at radius 2 is 0.800 bits per heavy atom. The van der Waals surface area contributed by atoms with Crippen LogP contribution >= 0.6 is 11.3 Å². The van der Waals surface area contributed by atoms with Crippen molar-refractivity contribution in [3.8, 4) is 33.6 Å². The van der Waals surface area contributed by atoms with Crippen molar-refractivity contribution in [1.82, 2.24) is 9.13 Å². The number of benzene rings is 8. The van der Waals surface area contributed by atoms with Gasteiger partial charge in [0.25, 0.3) is 0 Å². The lowest BCUT2D eigenvalue weighted by molar-refractivity contribution is 0.493. The fraction of sp³-hybridized carbons (Fsp3) is 0.226. The lowest BCUT2D eigenvalue weighted by Crippen LogP contribution is -2.02. The third-order valence-corrected chi connectivity index (χ3v) is 15.3. The molecule has 1 atom stereocenters. The van der Waals surface area contributed by atoms with Crippen molar-refractivity contribution in [2.24, 2.45) is 0 Å². The molecular weight excluding hydrogens is 805 g/mol. The Morgan fingerprint density at radius 1 is 0.354 bits per heavy atom. The van der Waals surface area contributed by atoms with Crippen LogP contribution in [0.2, 0.25) is 0 Å². The maximum atomic E-state index is 2.51. The van der Waals surface area contributed by atoms with E-state index in [9.17, 15) is 0 Å². The number of hydrogen-bond donors (Lipinski definition) is 0. The van der Waals surface area contributed by atoms with Crippen LogP contribution in [-0.2, 0) is 0 Å². The molecule has 2 nitrogen and oxygen atoms in total. The highest BCUT2D eigenvalue weighted by molar-refractivity contribution is 7.25. The predicted molar refractivity (Wildman–Crippen MR) is 284 cm³/mol. The summed E-state index contributed by atoms with van der Waals surface area (Å²) in [7, 11) is 0. The van der Waals surface area contributed by atoms with E-state index in [1.165, 1.54) is 174 Å². The van der Waals surface area contributed by atoms with E-state index in [-0.39, 0.29) is 0 Å². The molecule has 0 saturated carbocycles. The molecule has 0 radical (unpaired) electrons. The van der Waals surface area contributed by atoms with Gasteiger partial charge in [-0.1, -0.05) is 169 Å². The Hall–Kier alpha value is -6.42. The van der Waals surface area contributed by atoms with Crippen molar-refractivity contribution < 1.29 is 0 Å². The van der Waals surface area contributed by atoms with E-state index in [1.807, 2.05) is 11.3 Å². The molecule has 3 aromatic heterocycles. The topological polar surface area (TPSA) is 9.86 Å². The summed E-state index contributed by atoms with van der Waals surface area (Å²) in [5, 5.41) is 7.80. The Bertz CT molecular complexity index is 3410. The lowest BCUT2D eigenvalue weighted by Gasteiger charge is -2.19. The summed E-state index contributed by atoms with van der Waals surface area (Å²) in [6, 6.07) is 66.4. The molecule has 11 rings (SSSR count). The smallest absolute Gasteiger partial charge is 0.0541 e. The minimum absolute atomic E-state index is 0.615. The van der Waals surface area contributed by atoms with Crippen molar-refractivity contribution >= 4 is 75.1 Å². The van der Waals surface area contributed by atoms with Gasteiger partial charge in [0, 0.05) is 53.1 Å². The maximum absolute atomic E-state index is 2.51. The van der Waals surface area contributed by atoms with Gasteiger partial charge in [-0.25, -0.2) is 0 Å². The number of thiophene rings is 1. The van der Waals surface area contributed by atoms with Crippen molar-refractivity contribution in [2.45, 2.75) is 90.4 Å². The zero-order chi connectivity index (χ0) is 43.7. The van der Waals surface area contributed by atoms with Crippen LogP contribution in [-0.4, -0.2) is 9.13 Å². The van der Waals surface area contributed by atoms with Crippen molar-refractivity contribution in [3.05, 3.63) is 181 Å². The number of unbranched alkanes of at least 4 members (excludes halogenated alkanes) is 7. The number of fused-ring (bicyclic) bond motifs is 9. The van der Waals surface area contributed by atoms with Crippen LogP contribution in [0.15, 0.2) is 176 Å². The Morgan fingerprint density at radius 3 is 1.38 bits per heavy atom. The van der Waals surface area contributed by atoms with E-state index in [1.54, 1.807) is 0 Å². The third-order valence-electron chi connectivity index (χ3n) is 14.2. The van der Waals surface area contributed by atoms with Gasteiger partial charge in [-0.05, 0) is 125 Å². The minimum Gasteiger partial charge on any atom is -0.309 e. The lowest BCUT2D eigenvalue weighted by atomic mass is 9.88. The molecule has 65 heavy (non-hydrogen) atoms. The normalized spacial score (nSPS) is 12.5. The molecule has 0 spiro atoms. The molecule has 8 aromatic carbocycles. The highest BCUT2D eigenvalue weighted by Crippen LogP contribution is 2.42. The fourth-order valence-corrected chi connectivity index (χ4v) is 11.9. The molecule has 0 aliphatic rings. The van der Waals surface area contributed by atoms with Gasteiger partial charge in [0.1, 0.15) is 0 Å². The first-order valence-electron chi connectivity index (χ1n) is 24.4. The van der Waals surface area contributed by atoms with Crippen LogP contribution < -0.4 is 0 Å². The summed E-state index contributed by atoms with van der Waals surface area (Å²) < 4.78 is 7.57. The summed E-state index contributed by atoms with van der Waals surface area (Å²) in [6.45, 7) is 4.63. The first-order valence-corrected chi connectivity index (χ1v) is 25.2. The average Bonchev–Trinajstić information content (AvgIpc) is 4.01. The molecule has 3 heterocycles. The minimum atomic E-state index is 0.615. The van der Waals surface area contributed by atoms with Gasteiger partial charge in [0.2, 0.25) is 0 Å². The zero-order valence-electron chi connectivity index (χ0n) is 37.9. The second kappa shape index (κ2) is 18.2. The second-order valence-corrected chi connectivity index (χ2v) is 19.5. The largest absolute Gasteiger partial charge is 0.309 e. The van der Waals surface area contributed by atoms with E-state index in [4.69, 9.17) is 0 Å². The molecule has 0 saturated heterocycles. The monoisotopic (exact) mass is 862 g/mol. The van der Waals surface area contributed by atoms with Gasteiger partial charge < -0.3 is 9.13 Å². The van der Waals surface area contributed by atoms with Crippen LogP contribution in [0.3, 0.4) is 0 Å². The summed E-state index contributed by atoms with van der Waals surface area (Å²) >= 11 is 1.89. The van der Waals surface area contributed by atoms with E-state index >= 15 is 0 Å². The van der Waals surface area contributed by atoms with Crippen molar-refractivity contribution in [3.63, 3.8) is 0 Å². The second-order valence-electron chi connectivity index (χ2n) is 18.4. The van der Waals surface area contributed by atoms with Crippen LogP contribution in [0.5, 0.6) is 0 Å². The number of para-hydroxylation sites is 3. The van der Waals surface area contributed by atoms with Crippen LogP contribution in [0.1, 0.15) is 96.0 Å². The summed E-state index contributed by atoms with van der Waals surface area (Å²) in [6.07, 6.45) is 14.6. The number of nitrogens with zero attached hydrogens (tertiary/aromatic N) is 2. The molecule has 0 amide bonds. The summed E-state index contributed by atoms with van der Waals surface area (Å²) in [5.74, 6) is 0.615. The predicted octanol–water partition coefficient (Wildman–Crippen LogP) is 19.0. The Labute approximate surface area is 387 Å². The van der Waals surface area contributed by atoms with Gasteiger partial charge in [-0.3, -0.25) is 0 Å². The summed E-state index contributed by atoms with van der Waals surface area (Å²) in [5.41, 5.74) is 13.9.